The van der Waals surface area contributed by atoms with Crippen molar-refractivity contribution in [2.24, 2.45) is 11.8 Å². The van der Waals surface area contributed by atoms with Crippen LogP contribution in [0.1, 0.15) is 13.3 Å². The number of fused-ring (bicyclic) bond motifs is 1. The van der Waals surface area contributed by atoms with Gasteiger partial charge in [0.1, 0.15) is 0 Å². The molecule has 0 bridgehead atoms. The van der Waals surface area contributed by atoms with Gasteiger partial charge in [0.2, 0.25) is 11.8 Å². The predicted octanol–water partition coefficient (Wildman–Crippen LogP) is 0.105. The third-order valence-corrected chi connectivity index (χ3v) is 4.43. The first-order chi connectivity index (χ1) is 7.20. The number of aliphatic hydroxyl groups is 1. The van der Waals surface area contributed by atoms with E-state index in [4.69, 9.17) is 5.11 Å². The van der Waals surface area contributed by atoms with Crippen molar-refractivity contribution in [3.63, 3.8) is 0 Å². The number of imide groups is 1. The Hall–Kier alpha value is -0.550. The van der Waals surface area contributed by atoms with E-state index in [-0.39, 0.29) is 36.3 Å². The van der Waals surface area contributed by atoms with Gasteiger partial charge in [0.15, 0.2) is 0 Å². The van der Waals surface area contributed by atoms with Crippen LogP contribution in [0.2, 0.25) is 0 Å². The fourth-order valence-electron chi connectivity index (χ4n) is 2.26. The number of hydrogen-bond donors (Lipinski definition) is 1. The Labute approximate surface area is 93.0 Å². The molecule has 1 N–H and O–H groups in total. The highest BCUT2D eigenvalue weighted by atomic mass is 32.2. The number of hydrogen-bond acceptors (Lipinski definition) is 4. The van der Waals surface area contributed by atoms with Crippen LogP contribution >= 0.6 is 11.8 Å². The number of thioether (sulfide) groups is 1. The second kappa shape index (κ2) is 4.14. The van der Waals surface area contributed by atoms with E-state index >= 15 is 0 Å². The molecule has 0 aromatic carbocycles. The lowest BCUT2D eigenvalue weighted by molar-refractivity contribution is -0.143. The third kappa shape index (κ3) is 1.58. The molecule has 2 fully saturated rings. The number of likely N-dealkylation sites (tertiary alicyclic amines) is 1. The van der Waals surface area contributed by atoms with E-state index < -0.39 is 0 Å². The summed E-state index contributed by atoms with van der Waals surface area (Å²) in [6, 6.07) is -0.319. The molecule has 3 atom stereocenters. The molecular formula is C10H15NO3S. The Morgan fingerprint density at radius 1 is 1.40 bits per heavy atom. The van der Waals surface area contributed by atoms with Crippen LogP contribution in [0.5, 0.6) is 0 Å². The van der Waals surface area contributed by atoms with Gasteiger partial charge < -0.3 is 5.11 Å². The minimum Gasteiger partial charge on any atom is -0.394 e. The molecule has 2 aliphatic rings. The minimum atomic E-state index is -0.319. The van der Waals surface area contributed by atoms with Crippen LogP contribution in [-0.4, -0.2) is 46.0 Å². The standard InChI is InChI=1S/C10H15NO3S/c1-2-6(3-12)11-9(13)7-4-15-5-8(7)10(11)14/h6-8,12H,2-5H2,1H3/t6?,7-,8+. The van der Waals surface area contributed by atoms with Gasteiger partial charge in [-0.15, -0.1) is 0 Å². The minimum absolute atomic E-state index is 0.0732. The topological polar surface area (TPSA) is 57.6 Å². The van der Waals surface area contributed by atoms with Gasteiger partial charge in [-0.05, 0) is 6.42 Å². The van der Waals surface area contributed by atoms with Crippen molar-refractivity contribution < 1.29 is 14.7 Å². The quantitative estimate of drug-likeness (QED) is 0.698. The van der Waals surface area contributed by atoms with Gasteiger partial charge in [-0.25, -0.2) is 0 Å². The van der Waals surface area contributed by atoms with Crippen LogP contribution in [0.25, 0.3) is 0 Å². The average molecular weight is 229 g/mol. The molecule has 15 heavy (non-hydrogen) atoms. The van der Waals surface area contributed by atoms with Crippen LogP contribution < -0.4 is 0 Å². The number of carbonyl (C=O) groups is 2. The summed E-state index contributed by atoms with van der Waals surface area (Å²) >= 11 is 1.67. The van der Waals surface area contributed by atoms with E-state index in [2.05, 4.69) is 0 Å². The zero-order chi connectivity index (χ0) is 11.0. The number of aliphatic hydroxyl groups excluding tert-OH is 1. The molecular weight excluding hydrogens is 214 g/mol. The van der Waals surface area contributed by atoms with Crippen LogP contribution in [0.15, 0.2) is 0 Å². The number of rotatable bonds is 3. The lowest BCUT2D eigenvalue weighted by atomic mass is 10.00. The molecule has 2 amide bonds. The summed E-state index contributed by atoms with van der Waals surface area (Å²) < 4.78 is 0. The van der Waals surface area contributed by atoms with Crippen LogP contribution in [-0.2, 0) is 9.59 Å². The fraction of sp³-hybridized carbons (Fsp3) is 0.800. The van der Waals surface area contributed by atoms with E-state index in [1.54, 1.807) is 11.8 Å². The molecule has 0 spiro atoms. The Balaban J connectivity index is 2.20. The van der Waals surface area contributed by atoms with Crippen molar-refractivity contribution in [1.29, 1.82) is 0 Å². The summed E-state index contributed by atoms with van der Waals surface area (Å²) in [5.41, 5.74) is 0. The van der Waals surface area contributed by atoms with Gasteiger partial charge >= 0.3 is 0 Å². The summed E-state index contributed by atoms with van der Waals surface area (Å²) in [5.74, 6) is 1.12. The van der Waals surface area contributed by atoms with Crippen molar-refractivity contribution in [2.45, 2.75) is 19.4 Å². The maximum Gasteiger partial charge on any atom is 0.234 e. The molecule has 2 rings (SSSR count). The number of nitrogens with zero attached hydrogens (tertiary/aromatic N) is 1. The van der Waals surface area contributed by atoms with Crippen molar-refractivity contribution in [2.75, 3.05) is 18.1 Å². The maximum atomic E-state index is 11.9. The van der Waals surface area contributed by atoms with Gasteiger partial charge in [0.25, 0.3) is 0 Å². The van der Waals surface area contributed by atoms with Crippen molar-refractivity contribution in [3.05, 3.63) is 0 Å². The molecule has 4 nitrogen and oxygen atoms in total. The van der Waals surface area contributed by atoms with Crippen molar-refractivity contribution >= 4 is 23.6 Å². The summed E-state index contributed by atoms with van der Waals surface area (Å²) in [4.78, 5) is 25.2. The van der Waals surface area contributed by atoms with Crippen molar-refractivity contribution in [1.82, 2.24) is 4.90 Å². The lowest BCUT2D eigenvalue weighted by Crippen LogP contribution is -2.43. The Morgan fingerprint density at radius 3 is 2.33 bits per heavy atom. The molecule has 84 valence electrons. The molecule has 5 heteroatoms. The molecule has 2 saturated heterocycles. The second-order valence-electron chi connectivity index (χ2n) is 4.04. The SMILES string of the molecule is CCC(CO)N1C(=O)[C@H]2CSC[C@H]2C1=O. The van der Waals surface area contributed by atoms with Gasteiger partial charge in [-0.3, -0.25) is 14.5 Å². The highest BCUT2D eigenvalue weighted by molar-refractivity contribution is 7.99. The summed E-state index contributed by atoms with van der Waals surface area (Å²) in [5, 5.41) is 9.13. The Kier molecular flexibility index (Phi) is 3.02. The molecule has 0 radical (unpaired) electrons. The highest BCUT2D eigenvalue weighted by Gasteiger charge is 2.51. The first-order valence-corrected chi connectivity index (χ1v) is 6.41. The normalized spacial score (nSPS) is 32.3. The van der Waals surface area contributed by atoms with Gasteiger partial charge in [0.05, 0.1) is 24.5 Å². The van der Waals surface area contributed by atoms with Crippen LogP contribution in [0.3, 0.4) is 0 Å². The first-order valence-electron chi connectivity index (χ1n) is 5.26. The van der Waals surface area contributed by atoms with Gasteiger partial charge in [0, 0.05) is 11.5 Å². The van der Waals surface area contributed by atoms with Gasteiger partial charge in [-0.1, -0.05) is 6.92 Å². The number of carbonyl (C=O) groups excluding carboxylic acids is 2. The lowest BCUT2D eigenvalue weighted by Gasteiger charge is -2.24. The Bertz CT molecular complexity index is 268. The van der Waals surface area contributed by atoms with E-state index in [0.717, 1.165) is 11.5 Å². The summed E-state index contributed by atoms with van der Waals surface area (Å²) in [7, 11) is 0. The monoisotopic (exact) mass is 229 g/mol. The van der Waals surface area contributed by atoms with E-state index in [1.807, 2.05) is 6.92 Å². The van der Waals surface area contributed by atoms with Crippen LogP contribution in [0, 0.1) is 11.8 Å². The van der Waals surface area contributed by atoms with Crippen LogP contribution in [0.4, 0.5) is 0 Å². The highest BCUT2D eigenvalue weighted by Crippen LogP contribution is 2.38. The van der Waals surface area contributed by atoms with Crippen molar-refractivity contribution in [3.8, 4) is 0 Å². The molecule has 0 aromatic rings. The van der Waals surface area contributed by atoms with E-state index in [0.29, 0.717) is 6.42 Å². The zero-order valence-electron chi connectivity index (χ0n) is 8.68. The third-order valence-electron chi connectivity index (χ3n) is 3.24. The average Bonchev–Trinajstić information content (AvgIpc) is 2.79. The second-order valence-corrected chi connectivity index (χ2v) is 5.12. The van der Waals surface area contributed by atoms with E-state index in [9.17, 15) is 9.59 Å². The maximum absolute atomic E-state index is 11.9. The van der Waals surface area contributed by atoms with E-state index in [1.165, 1.54) is 4.90 Å². The molecule has 2 aliphatic heterocycles. The predicted molar refractivity (Wildman–Crippen MR) is 57.3 cm³/mol. The molecule has 0 saturated carbocycles. The zero-order valence-corrected chi connectivity index (χ0v) is 9.50. The number of amides is 2. The molecule has 0 aromatic heterocycles. The molecule has 2 heterocycles. The molecule has 0 aliphatic carbocycles. The fourth-order valence-corrected chi connectivity index (χ4v) is 3.65. The summed E-state index contributed by atoms with van der Waals surface area (Å²) in [6.07, 6.45) is 0.626. The Morgan fingerprint density at radius 2 is 1.93 bits per heavy atom. The first kappa shape index (κ1) is 11.0. The largest absolute Gasteiger partial charge is 0.394 e. The summed E-state index contributed by atoms with van der Waals surface area (Å²) in [6.45, 7) is 1.75. The van der Waals surface area contributed by atoms with Gasteiger partial charge in [-0.2, -0.15) is 11.8 Å². The smallest absolute Gasteiger partial charge is 0.234 e. The molecule has 1 unspecified atom stereocenters.